The molecule has 0 saturated heterocycles. The predicted molar refractivity (Wildman–Crippen MR) is 157 cm³/mol. The third-order valence-electron chi connectivity index (χ3n) is 7.11. The number of para-hydroxylation sites is 1. The van der Waals surface area contributed by atoms with Crippen LogP contribution in [0.4, 0.5) is 0 Å². The van der Waals surface area contributed by atoms with Gasteiger partial charge in [0.05, 0.1) is 41.7 Å². The average Bonchev–Trinajstić information content (AvgIpc) is 3.36. The summed E-state index contributed by atoms with van der Waals surface area (Å²) in [4.78, 5) is 32.6. The van der Waals surface area contributed by atoms with E-state index in [0.29, 0.717) is 37.7 Å². The maximum Gasteiger partial charge on any atom is 0.338 e. The predicted octanol–water partition coefficient (Wildman–Crippen LogP) is 4.39. The molecule has 0 fully saturated rings. The van der Waals surface area contributed by atoms with E-state index in [9.17, 15) is 9.59 Å². The van der Waals surface area contributed by atoms with Crippen LogP contribution in [0.5, 0.6) is 11.5 Å². The van der Waals surface area contributed by atoms with Crippen molar-refractivity contribution in [2.75, 3.05) is 13.7 Å². The highest BCUT2D eigenvalue weighted by molar-refractivity contribution is 7.07. The van der Waals surface area contributed by atoms with Gasteiger partial charge in [-0.1, -0.05) is 35.6 Å². The average molecular weight is 560 g/mol. The number of esters is 1. The first-order chi connectivity index (χ1) is 19.2. The summed E-state index contributed by atoms with van der Waals surface area (Å²) in [6, 6.07) is 12.9. The van der Waals surface area contributed by atoms with E-state index in [1.165, 1.54) is 11.3 Å². The Bertz CT molecular complexity index is 1840. The number of hydrogen-bond acceptors (Lipinski definition) is 7. The molecule has 0 spiro atoms. The van der Waals surface area contributed by atoms with E-state index in [2.05, 4.69) is 16.7 Å². The topological polar surface area (TPSA) is 84.1 Å². The Labute approximate surface area is 236 Å². The molecule has 0 saturated carbocycles. The number of rotatable bonds is 7. The Hall–Kier alpha value is -4.11. The van der Waals surface area contributed by atoms with Gasteiger partial charge < -0.3 is 18.8 Å². The monoisotopic (exact) mass is 559 g/mol. The molecule has 9 heteroatoms. The second kappa shape index (κ2) is 10.8. The number of benzene rings is 2. The molecule has 2 aromatic carbocycles. The minimum Gasteiger partial charge on any atom is -0.493 e. The van der Waals surface area contributed by atoms with Crippen molar-refractivity contribution in [2.24, 2.45) is 12.0 Å². The van der Waals surface area contributed by atoms with Crippen molar-refractivity contribution in [3.05, 3.63) is 90.2 Å². The van der Waals surface area contributed by atoms with Gasteiger partial charge in [-0.2, -0.15) is 0 Å². The van der Waals surface area contributed by atoms with Gasteiger partial charge in [0.2, 0.25) is 0 Å². The molecule has 0 aliphatic carbocycles. The lowest BCUT2D eigenvalue weighted by atomic mass is 9.95. The number of carbonyl (C=O) groups is 1. The van der Waals surface area contributed by atoms with Crippen LogP contribution in [0, 0.1) is 6.92 Å². The first-order valence-corrected chi connectivity index (χ1v) is 14.1. The second-order valence-corrected chi connectivity index (χ2v) is 11.0. The summed E-state index contributed by atoms with van der Waals surface area (Å²) >= 11 is 1.31. The van der Waals surface area contributed by atoms with Gasteiger partial charge in [-0.05, 0) is 64.5 Å². The van der Waals surface area contributed by atoms with Gasteiger partial charge in [-0.15, -0.1) is 0 Å². The minimum absolute atomic E-state index is 0.0489. The summed E-state index contributed by atoms with van der Waals surface area (Å²) in [6.45, 7) is 9.66. The highest BCUT2D eigenvalue weighted by Crippen LogP contribution is 2.36. The zero-order valence-corrected chi connectivity index (χ0v) is 24.6. The van der Waals surface area contributed by atoms with Gasteiger partial charge in [0.1, 0.15) is 0 Å². The van der Waals surface area contributed by atoms with Gasteiger partial charge in [0, 0.05) is 29.2 Å². The van der Waals surface area contributed by atoms with Crippen LogP contribution < -0.4 is 24.4 Å². The summed E-state index contributed by atoms with van der Waals surface area (Å²) < 4.78 is 21.2. The summed E-state index contributed by atoms with van der Waals surface area (Å²) in [5, 5.41) is 1.07. The third kappa shape index (κ3) is 4.64. The Kier molecular flexibility index (Phi) is 7.42. The maximum absolute atomic E-state index is 14.1. The fourth-order valence-corrected chi connectivity index (χ4v) is 6.20. The largest absolute Gasteiger partial charge is 0.493 e. The van der Waals surface area contributed by atoms with Crippen LogP contribution in [0.3, 0.4) is 0 Å². The van der Waals surface area contributed by atoms with Crippen LogP contribution in [0.25, 0.3) is 17.0 Å². The lowest BCUT2D eigenvalue weighted by Crippen LogP contribution is -2.40. The van der Waals surface area contributed by atoms with Gasteiger partial charge in [0.15, 0.2) is 16.3 Å². The fraction of sp³-hybridized carbons (Fsp3) is 0.323. The number of ether oxygens (including phenoxy) is 3. The Balaban J connectivity index is 1.75. The van der Waals surface area contributed by atoms with E-state index in [1.54, 1.807) is 25.5 Å². The van der Waals surface area contributed by atoms with E-state index >= 15 is 0 Å². The SMILES string of the molecule is CCOC(=O)C1=C(C)N=c2s/c(=C\c3c(C)n(C)c4ccccc34)c(=O)n2[C@H]1c1ccc(OC(C)C)c(OC)c1. The van der Waals surface area contributed by atoms with Gasteiger partial charge in [-0.25, -0.2) is 9.79 Å². The van der Waals surface area contributed by atoms with Crippen molar-refractivity contribution in [3.63, 3.8) is 0 Å². The molecule has 3 heterocycles. The standard InChI is InChI=1S/C31H33N3O5S/c1-8-38-30(36)27-18(4)32-31-34(28(27)20-13-14-24(39-17(2)3)25(15-20)37-7)29(35)26(40-31)16-22-19(5)33(6)23-12-10-9-11-21(22)23/h9-17,28H,8H2,1-7H3/b26-16-/t28-/m0/s1. The summed E-state index contributed by atoms with van der Waals surface area (Å²) in [5.74, 6) is 0.588. The summed E-state index contributed by atoms with van der Waals surface area (Å²) in [7, 11) is 3.59. The second-order valence-electron chi connectivity index (χ2n) is 9.95. The number of fused-ring (bicyclic) bond motifs is 2. The minimum atomic E-state index is -0.743. The van der Waals surface area contributed by atoms with Crippen molar-refractivity contribution in [3.8, 4) is 11.5 Å². The normalized spacial score (nSPS) is 15.4. The van der Waals surface area contributed by atoms with Crippen LogP contribution in [0.15, 0.2) is 63.5 Å². The smallest absolute Gasteiger partial charge is 0.338 e. The van der Waals surface area contributed by atoms with Crippen LogP contribution in [-0.4, -0.2) is 34.9 Å². The number of hydrogen-bond donors (Lipinski definition) is 0. The lowest BCUT2D eigenvalue weighted by Gasteiger charge is -2.25. The molecule has 2 aromatic heterocycles. The van der Waals surface area contributed by atoms with E-state index in [0.717, 1.165) is 22.2 Å². The molecule has 1 aliphatic rings. The molecule has 0 unspecified atom stereocenters. The first kappa shape index (κ1) is 27.5. The van der Waals surface area contributed by atoms with Crippen molar-refractivity contribution in [1.82, 2.24) is 9.13 Å². The molecule has 208 valence electrons. The molecular weight excluding hydrogens is 526 g/mol. The van der Waals surface area contributed by atoms with Crippen molar-refractivity contribution < 1.29 is 19.0 Å². The molecule has 0 N–H and O–H groups in total. The third-order valence-corrected chi connectivity index (χ3v) is 8.09. The number of aryl methyl sites for hydroxylation is 1. The molecule has 4 aromatic rings. The van der Waals surface area contributed by atoms with Crippen LogP contribution in [-0.2, 0) is 16.6 Å². The number of aromatic nitrogens is 2. The van der Waals surface area contributed by atoms with Crippen molar-refractivity contribution in [1.29, 1.82) is 0 Å². The Morgan fingerprint density at radius 2 is 1.90 bits per heavy atom. The Morgan fingerprint density at radius 3 is 2.60 bits per heavy atom. The molecule has 0 radical (unpaired) electrons. The van der Waals surface area contributed by atoms with E-state index in [1.807, 2.05) is 64.2 Å². The molecule has 40 heavy (non-hydrogen) atoms. The molecule has 0 amide bonds. The maximum atomic E-state index is 14.1. The molecule has 1 aliphatic heterocycles. The molecule has 0 bridgehead atoms. The molecular formula is C31H33N3O5S. The highest BCUT2D eigenvalue weighted by atomic mass is 32.1. The number of allylic oxidation sites excluding steroid dienone is 1. The zero-order valence-electron chi connectivity index (χ0n) is 23.8. The number of carbonyl (C=O) groups excluding carboxylic acids is 1. The molecule has 1 atom stereocenters. The number of thiazole rings is 1. The number of nitrogens with zero attached hydrogens (tertiary/aromatic N) is 3. The molecule has 5 rings (SSSR count). The molecule has 8 nitrogen and oxygen atoms in total. The number of methoxy groups -OCH3 is 1. The summed E-state index contributed by atoms with van der Waals surface area (Å²) in [5.41, 5.74) is 4.43. The van der Waals surface area contributed by atoms with Crippen LogP contribution in [0.2, 0.25) is 0 Å². The summed E-state index contributed by atoms with van der Waals surface area (Å²) in [6.07, 6.45) is 1.88. The zero-order chi connectivity index (χ0) is 28.7. The quantitative estimate of drug-likeness (QED) is 0.314. The first-order valence-electron chi connectivity index (χ1n) is 13.2. The van der Waals surface area contributed by atoms with Gasteiger partial charge in [-0.3, -0.25) is 9.36 Å². The Morgan fingerprint density at radius 1 is 1.15 bits per heavy atom. The highest BCUT2D eigenvalue weighted by Gasteiger charge is 2.34. The van der Waals surface area contributed by atoms with Crippen molar-refractivity contribution in [2.45, 2.75) is 46.8 Å². The van der Waals surface area contributed by atoms with Crippen LogP contribution >= 0.6 is 11.3 Å². The van der Waals surface area contributed by atoms with Gasteiger partial charge >= 0.3 is 5.97 Å². The van der Waals surface area contributed by atoms with Gasteiger partial charge in [0.25, 0.3) is 5.56 Å². The van der Waals surface area contributed by atoms with E-state index < -0.39 is 12.0 Å². The lowest BCUT2D eigenvalue weighted by molar-refractivity contribution is -0.139. The fourth-order valence-electron chi connectivity index (χ4n) is 5.18. The van der Waals surface area contributed by atoms with Crippen LogP contribution in [0.1, 0.15) is 50.6 Å². The van der Waals surface area contributed by atoms with Crippen molar-refractivity contribution >= 4 is 34.3 Å². The van der Waals surface area contributed by atoms with E-state index in [-0.39, 0.29) is 18.3 Å². The van der Waals surface area contributed by atoms with E-state index in [4.69, 9.17) is 19.2 Å².